The second-order valence-corrected chi connectivity index (χ2v) is 4.50. The molecule has 0 radical (unpaired) electrons. The zero-order valence-electron chi connectivity index (χ0n) is 7.69. The fourth-order valence-electron chi connectivity index (χ4n) is 1.57. The number of primary amides is 1. The van der Waals surface area contributed by atoms with Gasteiger partial charge in [0.15, 0.2) is 0 Å². The van der Waals surface area contributed by atoms with Gasteiger partial charge in [-0.25, -0.2) is 0 Å². The van der Waals surface area contributed by atoms with Crippen molar-refractivity contribution in [2.75, 3.05) is 5.75 Å². The molecule has 0 saturated carbocycles. The molecule has 74 valence electrons. The first-order valence-corrected chi connectivity index (χ1v) is 5.49. The quantitative estimate of drug-likeness (QED) is 0.730. The summed E-state index contributed by atoms with van der Waals surface area (Å²) in [5.74, 6) is 0.628. The second-order valence-electron chi connectivity index (χ2n) is 3.36. The van der Waals surface area contributed by atoms with Crippen LogP contribution in [0.3, 0.4) is 0 Å². The normalized spacial score (nSPS) is 20.2. The highest BCUT2D eigenvalue weighted by Crippen LogP contribution is 2.35. The lowest BCUT2D eigenvalue weighted by Crippen LogP contribution is -2.17. The molecule has 2 rings (SSSR count). The van der Waals surface area contributed by atoms with E-state index in [2.05, 4.69) is 0 Å². The van der Waals surface area contributed by atoms with E-state index in [4.69, 9.17) is 11.5 Å². The van der Waals surface area contributed by atoms with Crippen molar-refractivity contribution in [3.05, 3.63) is 29.3 Å². The molecular weight excluding hydrogens is 196 g/mol. The van der Waals surface area contributed by atoms with Gasteiger partial charge in [0.2, 0.25) is 5.91 Å². The lowest BCUT2D eigenvalue weighted by molar-refractivity contribution is 0.1000. The van der Waals surface area contributed by atoms with E-state index in [0.717, 1.165) is 22.6 Å². The lowest BCUT2D eigenvalue weighted by Gasteiger charge is -2.21. The van der Waals surface area contributed by atoms with Crippen LogP contribution in [0.25, 0.3) is 0 Å². The standard InChI is InChI=1S/C10H12N2OS/c11-8-3-4-14-9-5-6(10(12)13)1-2-7(8)9/h1-2,5,8H,3-4,11H2,(H2,12,13)/t8-/m1/s1. The molecule has 1 heterocycles. The van der Waals surface area contributed by atoms with Gasteiger partial charge in [-0.1, -0.05) is 6.07 Å². The number of carbonyl (C=O) groups is 1. The van der Waals surface area contributed by atoms with Crippen molar-refractivity contribution in [1.29, 1.82) is 0 Å². The Bertz CT molecular complexity index is 378. The molecule has 1 aromatic rings. The lowest BCUT2D eigenvalue weighted by atomic mass is 10.0. The third-order valence-electron chi connectivity index (χ3n) is 2.38. The van der Waals surface area contributed by atoms with Crippen LogP contribution in [-0.2, 0) is 0 Å². The summed E-state index contributed by atoms with van der Waals surface area (Å²) in [6.07, 6.45) is 0.994. The summed E-state index contributed by atoms with van der Waals surface area (Å²) in [6.45, 7) is 0. The van der Waals surface area contributed by atoms with Crippen molar-refractivity contribution < 1.29 is 4.79 Å². The van der Waals surface area contributed by atoms with Gasteiger partial charge < -0.3 is 11.5 Å². The van der Waals surface area contributed by atoms with Crippen LogP contribution in [-0.4, -0.2) is 11.7 Å². The van der Waals surface area contributed by atoms with Gasteiger partial charge in [-0.2, -0.15) is 0 Å². The number of benzene rings is 1. The molecule has 0 aromatic heterocycles. The molecule has 0 unspecified atom stereocenters. The smallest absolute Gasteiger partial charge is 0.248 e. The molecular formula is C10H12N2OS. The molecule has 1 aliphatic heterocycles. The Kier molecular flexibility index (Phi) is 2.48. The highest BCUT2D eigenvalue weighted by Gasteiger charge is 2.17. The minimum Gasteiger partial charge on any atom is -0.366 e. The Morgan fingerprint density at radius 2 is 2.29 bits per heavy atom. The van der Waals surface area contributed by atoms with Crippen LogP contribution in [0.15, 0.2) is 23.1 Å². The first-order valence-electron chi connectivity index (χ1n) is 4.50. The second kappa shape index (κ2) is 3.63. The van der Waals surface area contributed by atoms with Crippen LogP contribution < -0.4 is 11.5 Å². The van der Waals surface area contributed by atoms with Crippen molar-refractivity contribution in [2.24, 2.45) is 11.5 Å². The van der Waals surface area contributed by atoms with E-state index in [1.165, 1.54) is 0 Å². The SMILES string of the molecule is NC(=O)c1ccc2c(c1)SCC[C@H]2N. The van der Waals surface area contributed by atoms with Gasteiger partial charge in [0.1, 0.15) is 0 Å². The molecule has 1 atom stereocenters. The topological polar surface area (TPSA) is 69.1 Å². The van der Waals surface area contributed by atoms with E-state index in [-0.39, 0.29) is 11.9 Å². The summed E-state index contributed by atoms with van der Waals surface area (Å²) in [5, 5.41) is 0. The van der Waals surface area contributed by atoms with Gasteiger partial charge >= 0.3 is 0 Å². The highest BCUT2D eigenvalue weighted by atomic mass is 32.2. The van der Waals surface area contributed by atoms with Crippen molar-refractivity contribution in [3.63, 3.8) is 0 Å². The zero-order valence-corrected chi connectivity index (χ0v) is 8.51. The van der Waals surface area contributed by atoms with Crippen molar-refractivity contribution in [1.82, 2.24) is 0 Å². The Morgan fingerprint density at radius 3 is 3.00 bits per heavy atom. The molecule has 1 amide bonds. The van der Waals surface area contributed by atoms with Crippen molar-refractivity contribution in [2.45, 2.75) is 17.4 Å². The van der Waals surface area contributed by atoms with Crippen LogP contribution >= 0.6 is 11.8 Å². The number of hydrogen-bond donors (Lipinski definition) is 2. The molecule has 1 aromatic carbocycles. The molecule has 4 N–H and O–H groups in total. The number of thioether (sulfide) groups is 1. The van der Waals surface area contributed by atoms with Crippen molar-refractivity contribution in [3.8, 4) is 0 Å². The Labute approximate surface area is 86.8 Å². The Hall–Kier alpha value is -1.00. The Morgan fingerprint density at radius 1 is 1.50 bits per heavy atom. The summed E-state index contributed by atoms with van der Waals surface area (Å²) < 4.78 is 0. The van der Waals surface area contributed by atoms with Gasteiger partial charge in [-0.3, -0.25) is 4.79 Å². The molecule has 0 fully saturated rings. The average Bonchev–Trinajstić information content (AvgIpc) is 2.17. The number of amides is 1. The minimum atomic E-state index is -0.382. The summed E-state index contributed by atoms with van der Waals surface area (Å²) >= 11 is 1.74. The third kappa shape index (κ3) is 1.63. The summed E-state index contributed by atoms with van der Waals surface area (Å²) in [5.41, 5.74) is 12.8. The fourth-order valence-corrected chi connectivity index (χ4v) is 2.76. The monoisotopic (exact) mass is 208 g/mol. The van der Waals surface area contributed by atoms with E-state index >= 15 is 0 Å². The fraction of sp³-hybridized carbons (Fsp3) is 0.300. The number of nitrogens with two attached hydrogens (primary N) is 2. The van der Waals surface area contributed by atoms with E-state index in [9.17, 15) is 4.79 Å². The zero-order chi connectivity index (χ0) is 10.1. The van der Waals surface area contributed by atoms with Crippen LogP contribution in [0.4, 0.5) is 0 Å². The maximum absolute atomic E-state index is 10.9. The Balaban J connectivity index is 2.44. The average molecular weight is 208 g/mol. The number of rotatable bonds is 1. The van der Waals surface area contributed by atoms with E-state index in [1.807, 2.05) is 12.1 Å². The minimum absolute atomic E-state index is 0.105. The molecule has 0 aliphatic carbocycles. The number of carbonyl (C=O) groups excluding carboxylic acids is 1. The highest BCUT2D eigenvalue weighted by molar-refractivity contribution is 7.99. The van der Waals surface area contributed by atoms with E-state index in [0.29, 0.717) is 5.56 Å². The molecule has 0 bridgehead atoms. The maximum atomic E-state index is 10.9. The van der Waals surface area contributed by atoms with Crippen LogP contribution in [0.2, 0.25) is 0 Å². The maximum Gasteiger partial charge on any atom is 0.248 e. The molecule has 1 aliphatic rings. The van der Waals surface area contributed by atoms with Crippen LogP contribution in [0.5, 0.6) is 0 Å². The summed E-state index contributed by atoms with van der Waals surface area (Å²) in [6, 6.07) is 5.59. The van der Waals surface area contributed by atoms with Crippen molar-refractivity contribution >= 4 is 17.7 Å². The number of hydrogen-bond acceptors (Lipinski definition) is 3. The van der Waals surface area contributed by atoms with Gasteiger partial charge in [0, 0.05) is 16.5 Å². The largest absolute Gasteiger partial charge is 0.366 e. The van der Waals surface area contributed by atoms with Gasteiger partial charge in [-0.15, -0.1) is 11.8 Å². The van der Waals surface area contributed by atoms with Crippen LogP contribution in [0, 0.1) is 0 Å². The molecule has 0 saturated heterocycles. The molecule has 14 heavy (non-hydrogen) atoms. The van der Waals surface area contributed by atoms with Gasteiger partial charge in [0.25, 0.3) is 0 Å². The number of fused-ring (bicyclic) bond motifs is 1. The summed E-state index contributed by atoms with van der Waals surface area (Å²) in [4.78, 5) is 12.0. The van der Waals surface area contributed by atoms with E-state index in [1.54, 1.807) is 17.8 Å². The third-order valence-corrected chi connectivity index (χ3v) is 3.49. The first-order chi connectivity index (χ1) is 6.68. The van der Waals surface area contributed by atoms with E-state index < -0.39 is 0 Å². The molecule has 3 nitrogen and oxygen atoms in total. The molecule has 0 spiro atoms. The van der Waals surface area contributed by atoms with Crippen LogP contribution in [0.1, 0.15) is 28.4 Å². The van der Waals surface area contributed by atoms with Gasteiger partial charge in [-0.05, 0) is 29.9 Å². The first kappa shape index (κ1) is 9.55. The summed E-state index contributed by atoms with van der Waals surface area (Å²) in [7, 11) is 0. The van der Waals surface area contributed by atoms with Gasteiger partial charge in [0.05, 0.1) is 0 Å². The molecule has 4 heteroatoms. The predicted molar refractivity (Wildman–Crippen MR) is 57.2 cm³/mol. The predicted octanol–water partition coefficient (Wildman–Crippen LogP) is 1.28.